The highest BCUT2D eigenvalue weighted by atomic mass is 35.5. The van der Waals surface area contributed by atoms with Crippen molar-refractivity contribution in [3.8, 4) is 28.4 Å². The maximum absolute atomic E-state index is 11.8. The minimum absolute atomic E-state index is 0.345. The number of aromatic nitrogens is 3. The van der Waals surface area contributed by atoms with Crippen LogP contribution in [0.4, 0.5) is 0 Å². The Balaban J connectivity index is 1.54. The van der Waals surface area contributed by atoms with Crippen LogP contribution in [0, 0.1) is 0 Å². The molecule has 0 fully saturated rings. The van der Waals surface area contributed by atoms with Crippen molar-refractivity contribution < 1.29 is 14.3 Å². The summed E-state index contributed by atoms with van der Waals surface area (Å²) in [6.07, 6.45) is 3.45. The minimum atomic E-state index is -0.389. The molecule has 0 saturated heterocycles. The minimum Gasteiger partial charge on any atom is -0.489 e. The molecule has 2 aromatic heterocycles. The van der Waals surface area contributed by atoms with E-state index in [1.54, 1.807) is 18.3 Å². The number of benzene rings is 3. The van der Waals surface area contributed by atoms with Crippen molar-refractivity contribution in [2.24, 2.45) is 0 Å². The van der Waals surface area contributed by atoms with E-state index in [2.05, 4.69) is 4.98 Å². The van der Waals surface area contributed by atoms with Crippen LogP contribution < -0.4 is 4.74 Å². The molecule has 2 heterocycles. The van der Waals surface area contributed by atoms with Gasteiger partial charge in [0.2, 0.25) is 0 Å². The summed E-state index contributed by atoms with van der Waals surface area (Å²) in [7, 11) is 1.36. The van der Waals surface area contributed by atoms with Gasteiger partial charge in [-0.2, -0.15) is 0 Å². The van der Waals surface area contributed by atoms with Gasteiger partial charge in [-0.15, -0.1) is 0 Å². The lowest BCUT2D eigenvalue weighted by molar-refractivity contribution is 0.0600. The van der Waals surface area contributed by atoms with E-state index in [1.165, 1.54) is 7.11 Å². The van der Waals surface area contributed by atoms with Crippen LogP contribution in [0.5, 0.6) is 5.75 Å². The smallest absolute Gasteiger partial charge is 0.337 e. The lowest BCUT2D eigenvalue weighted by Crippen LogP contribution is -2.00. The second kappa shape index (κ2) is 9.37. The number of imidazole rings is 1. The number of carbonyl (C=O) groups excluding carboxylic acids is 1. The summed E-state index contributed by atoms with van der Waals surface area (Å²) < 4.78 is 12.7. The number of nitrogens with zero attached hydrogens (tertiary/aromatic N) is 3. The van der Waals surface area contributed by atoms with Gasteiger partial charge in [0.15, 0.2) is 5.15 Å². The van der Waals surface area contributed by atoms with Gasteiger partial charge in [0.1, 0.15) is 29.4 Å². The summed E-state index contributed by atoms with van der Waals surface area (Å²) >= 11 is 6.52. The van der Waals surface area contributed by atoms with E-state index in [0.29, 0.717) is 34.4 Å². The van der Waals surface area contributed by atoms with E-state index in [9.17, 15) is 4.79 Å². The first-order valence-electron chi connectivity index (χ1n) is 10.6. The molecule has 0 atom stereocenters. The van der Waals surface area contributed by atoms with Crippen molar-refractivity contribution in [1.29, 1.82) is 0 Å². The van der Waals surface area contributed by atoms with E-state index in [1.807, 2.05) is 77.3 Å². The number of hydrogen-bond donors (Lipinski definition) is 0. The molecule has 0 aliphatic heterocycles. The summed E-state index contributed by atoms with van der Waals surface area (Å²) in [4.78, 5) is 21.0. The molecule has 34 heavy (non-hydrogen) atoms. The first kappa shape index (κ1) is 21.7. The summed E-state index contributed by atoms with van der Waals surface area (Å²) in [5.41, 5.74) is 4.62. The summed E-state index contributed by atoms with van der Waals surface area (Å²) in [6.45, 7) is 0.467. The van der Waals surface area contributed by atoms with Crippen molar-refractivity contribution in [3.05, 3.63) is 108 Å². The molecular weight excluding hydrogens is 450 g/mol. The van der Waals surface area contributed by atoms with Crippen molar-refractivity contribution in [3.63, 3.8) is 0 Å². The van der Waals surface area contributed by atoms with Gasteiger partial charge in [-0.1, -0.05) is 66.2 Å². The maximum Gasteiger partial charge on any atom is 0.337 e. The third-order valence-corrected chi connectivity index (χ3v) is 5.71. The van der Waals surface area contributed by atoms with Crippen LogP contribution in [0.2, 0.25) is 5.15 Å². The molecule has 5 aromatic rings. The van der Waals surface area contributed by atoms with Gasteiger partial charge < -0.3 is 9.47 Å². The standard InChI is InChI=1S/C27H20ClN3O3/c1-33-27(32)20-12-10-19(11-13-20)26-30-23(24-25(28)29-14-15-31(24)26)21-8-5-9-22(16-21)34-17-18-6-3-2-4-7-18/h2-16H,17H2,1H3. The van der Waals surface area contributed by atoms with Gasteiger partial charge in [-0.05, 0) is 29.8 Å². The molecule has 6 nitrogen and oxygen atoms in total. The van der Waals surface area contributed by atoms with E-state index >= 15 is 0 Å². The highest BCUT2D eigenvalue weighted by molar-refractivity contribution is 6.33. The van der Waals surface area contributed by atoms with Crippen molar-refractivity contribution in [2.45, 2.75) is 6.61 Å². The van der Waals surface area contributed by atoms with Gasteiger partial charge in [-0.3, -0.25) is 4.40 Å². The number of ether oxygens (including phenoxy) is 2. The molecule has 168 valence electrons. The lowest BCUT2D eigenvalue weighted by Gasteiger charge is -2.08. The molecule has 7 heteroatoms. The third-order valence-electron chi connectivity index (χ3n) is 5.43. The Morgan fingerprint density at radius 3 is 2.53 bits per heavy atom. The van der Waals surface area contributed by atoms with Gasteiger partial charge in [0.05, 0.1) is 12.7 Å². The first-order chi connectivity index (χ1) is 16.6. The molecule has 0 aliphatic rings. The van der Waals surface area contributed by atoms with Gasteiger partial charge in [0, 0.05) is 23.5 Å². The molecule has 0 bridgehead atoms. The zero-order chi connectivity index (χ0) is 23.5. The molecule has 0 N–H and O–H groups in total. The molecule has 0 spiro atoms. The number of carbonyl (C=O) groups is 1. The van der Waals surface area contributed by atoms with E-state index in [0.717, 1.165) is 22.4 Å². The predicted molar refractivity (Wildman–Crippen MR) is 131 cm³/mol. The predicted octanol–water partition coefficient (Wildman–Crippen LogP) is 6.08. The van der Waals surface area contributed by atoms with Crippen molar-refractivity contribution >= 4 is 23.1 Å². The number of methoxy groups -OCH3 is 1. The van der Waals surface area contributed by atoms with Crippen LogP contribution in [0.15, 0.2) is 91.3 Å². The Morgan fingerprint density at radius 2 is 1.76 bits per heavy atom. The molecule has 0 unspecified atom stereocenters. The van der Waals surface area contributed by atoms with Crippen molar-refractivity contribution in [1.82, 2.24) is 14.4 Å². The van der Waals surface area contributed by atoms with Gasteiger partial charge >= 0.3 is 5.97 Å². The van der Waals surface area contributed by atoms with Crippen LogP contribution in [0.25, 0.3) is 28.2 Å². The van der Waals surface area contributed by atoms with Crippen LogP contribution >= 0.6 is 11.6 Å². The molecule has 0 amide bonds. The number of fused-ring (bicyclic) bond motifs is 1. The second-order valence-electron chi connectivity index (χ2n) is 7.59. The summed E-state index contributed by atoms with van der Waals surface area (Å²) in [6, 6.07) is 24.8. The molecule has 0 saturated carbocycles. The first-order valence-corrected chi connectivity index (χ1v) is 11.0. The van der Waals surface area contributed by atoms with E-state index < -0.39 is 0 Å². The van der Waals surface area contributed by atoms with Crippen LogP contribution in [-0.4, -0.2) is 27.4 Å². The van der Waals surface area contributed by atoms with Gasteiger partial charge in [0.25, 0.3) is 0 Å². The third kappa shape index (κ3) is 4.23. The fourth-order valence-electron chi connectivity index (χ4n) is 3.75. The molecule has 0 aliphatic carbocycles. The lowest BCUT2D eigenvalue weighted by atomic mass is 10.1. The quantitative estimate of drug-likeness (QED) is 0.282. The zero-order valence-corrected chi connectivity index (χ0v) is 19.1. The number of hydrogen-bond acceptors (Lipinski definition) is 5. The SMILES string of the molecule is COC(=O)c1ccc(-c2nc(-c3cccc(OCc4ccccc4)c3)c3c(Cl)nccn23)cc1. The van der Waals surface area contributed by atoms with Gasteiger partial charge in [-0.25, -0.2) is 14.8 Å². The summed E-state index contributed by atoms with van der Waals surface area (Å²) in [5.74, 6) is 1.02. The molecule has 0 radical (unpaired) electrons. The Hall–Kier alpha value is -4.16. The van der Waals surface area contributed by atoms with E-state index in [-0.39, 0.29) is 5.97 Å². The number of halogens is 1. The number of rotatable bonds is 6. The Morgan fingerprint density at radius 1 is 0.971 bits per heavy atom. The van der Waals surface area contributed by atoms with Crippen molar-refractivity contribution in [2.75, 3.05) is 7.11 Å². The fourth-order valence-corrected chi connectivity index (χ4v) is 3.99. The highest BCUT2D eigenvalue weighted by Crippen LogP contribution is 2.34. The van der Waals surface area contributed by atoms with Crippen LogP contribution in [0.3, 0.4) is 0 Å². The molecule has 3 aromatic carbocycles. The highest BCUT2D eigenvalue weighted by Gasteiger charge is 2.18. The zero-order valence-electron chi connectivity index (χ0n) is 18.3. The molecule has 5 rings (SSSR count). The topological polar surface area (TPSA) is 65.7 Å². The molecular formula is C27H20ClN3O3. The second-order valence-corrected chi connectivity index (χ2v) is 7.95. The number of esters is 1. The average Bonchev–Trinajstić information content (AvgIpc) is 3.29. The Kier molecular flexibility index (Phi) is 5.97. The Labute approximate surface area is 201 Å². The Bertz CT molecular complexity index is 1460. The fraction of sp³-hybridized carbons (Fsp3) is 0.0741. The largest absolute Gasteiger partial charge is 0.489 e. The van der Waals surface area contributed by atoms with E-state index in [4.69, 9.17) is 26.1 Å². The normalized spacial score (nSPS) is 10.9. The van der Waals surface area contributed by atoms with Crippen LogP contribution in [0.1, 0.15) is 15.9 Å². The monoisotopic (exact) mass is 469 g/mol. The summed E-state index contributed by atoms with van der Waals surface area (Å²) in [5, 5.41) is 0.345. The maximum atomic E-state index is 11.8. The average molecular weight is 470 g/mol. The van der Waals surface area contributed by atoms with Crippen LogP contribution in [-0.2, 0) is 11.3 Å².